The molecule has 1 aliphatic rings. The number of piperazine rings is 1. The Kier molecular flexibility index (Phi) is 5.36. The fourth-order valence-electron chi connectivity index (χ4n) is 3.46. The van der Waals surface area contributed by atoms with E-state index < -0.39 is 0 Å². The summed E-state index contributed by atoms with van der Waals surface area (Å²) in [5.74, 6) is 0.607. The van der Waals surface area contributed by atoms with Crippen LogP contribution in [0.4, 0.5) is 4.39 Å². The zero-order chi connectivity index (χ0) is 18.6. The number of pyridine rings is 1. The van der Waals surface area contributed by atoms with Gasteiger partial charge in [-0.3, -0.25) is 9.30 Å². The molecule has 0 bridgehead atoms. The summed E-state index contributed by atoms with van der Waals surface area (Å²) < 4.78 is 21.5. The van der Waals surface area contributed by atoms with Gasteiger partial charge >= 0.3 is 0 Å². The van der Waals surface area contributed by atoms with E-state index in [0.29, 0.717) is 6.61 Å². The van der Waals surface area contributed by atoms with Gasteiger partial charge in [-0.05, 0) is 42.8 Å². The number of nitrogens with one attached hydrogen (secondary N) is 1. The lowest BCUT2D eigenvalue weighted by atomic mass is 10.1. The molecule has 142 valence electrons. The Bertz CT molecular complexity index is 900. The highest BCUT2D eigenvalue weighted by Gasteiger charge is 2.19. The normalized spacial score (nSPS) is 15.3. The second-order valence-electron chi connectivity index (χ2n) is 6.88. The van der Waals surface area contributed by atoms with E-state index in [9.17, 15) is 4.39 Å². The van der Waals surface area contributed by atoms with Gasteiger partial charge in [0, 0.05) is 44.5 Å². The predicted octanol–water partition coefficient (Wildman–Crippen LogP) is 3.33. The average Bonchev–Trinajstić information content (AvgIpc) is 3.05. The molecule has 0 saturated carbocycles. The highest BCUT2D eigenvalue weighted by Crippen LogP contribution is 2.28. The van der Waals surface area contributed by atoms with Gasteiger partial charge in [0.1, 0.15) is 17.2 Å². The largest absolute Gasteiger partial charge is 0.494 e. The molecule has 0 radical (unpaired) electrons. The van der Waals surface area contributed by atoms with Crippen LogP contribution in [0.3, 0.4) is 0 Å². The van der Waals surface area contributed by atoms with Gasteiger partial charge in [0.25, 0.3) is 0 Å². The minimum absolute atomic E-state index is 0.253. The third kappa shape index (κ3) is 3.96. The van der Waals surface area contributed by atoms with E-state index in [0.717, 1.165) is 67.5 Å². The Morgan fingerprint density at radius 3 is 2.63 bits per heavy atom. The molecule has 1 saturated heterocycles. The minimum atomic E-state index is -0.253. The molecule has 5 nitrogen and oxygen atoms in total. The van der Waals surface area contributed by atoms with Crippen LogP contribution in [0.25, 0.3) is 16.9 Å². The first-order valence-corrected chi connectivity index (χ1v) is 9.57. The molecule has 0 atom stereocenters. The number of fused-ring (bicyclic) bond motifs is 1. The standard InChI is InChI=1S/C21H25FN4O/c1-2-13-27-18-6-3-16(4-7-18)21-19(15-25-11-9-23-10-12-25)26-14-17(22)5-8-20(26)24-21/h3-8,14,23H,2,9-13,15H2,1H3. The Labute approximate surface area is 158 Å². The number of imidazole rings is 1. The molecule has 27 heavy (non-hydrogen) atoms. The topological polar surface area (TPSA) is 41.8 Å². The van der Waals surface area contributed by atoms with Crippen LogP contribution >= 0.6 is 0 Å². The van der Waals surface area contributed by atoms with Gasteiger partial charge in [0.15, 0.2) is 0 Å². The highest BCUT2D eigenvalue weighted by atomic mass is 19.1. The number of halogens is 1. The monoisotopic (exact) mass is 368 g/mol. The van der Waals surface area contributed by atoms with Crippen LogP contribution in [0.15, 0.2) is 42.6 Å². The van der Waals surface area contributed by atoms with Gasteiger partial charge in [0.2, 0.25) is 0 Å². The molecule has 0 spiro atoms. The van der Waals surface area contributed by atoms with E-state index >= 15 is 0 Å². The van der Waals surface area contributed by atoms with Crippen LogP contribution < -0.4 is 10.1 Å². The van der Waals surface area contributed by atoms with Crippen molar-refractivity contribution in [3.05, 3.63) is 54.1 Å². The number of aromatic nitrogens is 2. The maximum atomic E-state index is 13.9. The molecule has 3 heterocycles. The van der Waals surface area contributed by atoms with E-state index in [-0.39, 0.29) is 5.82 Å². The second-order valence-corrected chi connectivity index (χ2v) is 6.88. The second kappa shape index (κ2) is 8.06. The van der Waals surface area contributed by atoms with Crippen LogP contribution in [0.5, 0.6) is 5.75 Å². The first-order chi connectivity index (χ1) is 13.2. The number of ether oxygens (including phenoxy) is 1. The lowest BCUT2D eigenvalue weighted by Crippen LogP contribution is -2.43. The van der Waals surface area contributed by atoms with E-state index in [1.165, 1.54) is 12.3 Å². The maximum Gasteiger partial charge on any atom is 0.139 e. The van der Waals surface area contributed by atoms with Crippen LogP contribution in [-0.2, 0) is 6.54 Å². The fourth-order valence-corrected chi connectivity index (χ4v) is 3.46. The third-order valence-corrected chi connectivity index (χ3v) is 4.86. The Morgan fingerprint density at radius 2 is 1.89 bits per heavy atom. The van der Waals surface area contributed by atoms with Crippen LogP contribution in [-0.4, -0.2) is 47.1 Å². The molecule has 1 N–H and O–H groups in total. The molecule has 0 unspecified atom stereocenters. The number of benzene rings is 1. The summed E-state index contributed by atoms with van der Waals surface area (Å²) in [7, 11) is 0. The van der Waals surface area contributed by atoms with Crippen molar-refractivity contribution in [1.82, 2.24) is 19.6 Å². The van der Waals surface area contributed by atoms with E-state index in [1.54, 1.807) is 6.07 Å². The summed E-state index contributed by atoms with van der Waals surface area (Å²) in [6.07, 6.45) is 2.51. The van der Waals surface area contributed by atoms with Crippen molar-refractivity contribution in [3.8, 4) is 17.0 Å². The van der Waals surface area contributed by atoms with E-state index in [1.807, 2.05) is 28.7 Å². The van der Waals surface area contributed by atoms with Gasteiger partial charge in [-0.15, -0.1) is 0 Å². The molecule has 3 aromatic rings. The van der Waals surface area contributed by atoms with Gasteiger partial charge in [-0.1, -0.05) is 6.92 Å². The Balaban J connectivity index is 1.71. The van der Waals surface area contributed by atoms with Crippen molar-refractivity contribution in [1.29, 1.82) is 0 Å². The molecule has 6 heteroatoms. The number of hydrogen-bond acceptors (Lipinski definition) is 4. The van der Waals surface area contributed by atoms with Gasteiger partial charge in [0.05, 0.1) is 18.0 Å². The first-order valence-electron chi connectivity index (χ1n) is 9.57. The number of rotatable bonds is 6. The maximum absolute atomic E-state index is 13.9. The minimum Gasteiger partial charge on any atom is -0.494 e. The smallest absolute Gasteiger partial charge is 0.139 e. The number of hydrogen-bond donors (Lipinski definition) is 1. The molecule has 1 fully saturated rings. The summed E-state index contributed by atoms with van der Waals surface area (Å²) >= 11 is 0. The quantitative estimate of drug-likeness (QED) is 0.725. The SMILES string of the molecule is CCCOc1ccc(-c2nc3ccc(F)cn3c2CN2CCNCC2)cc1. The molecule has 1 aromatic carbocycles. The summed E-state index contributed by atoms with van der Waals surface area (Å²) in [5, 5.41) is 3.37. The van der Waals surface area contributed by atoms with Crippen molar-refractivity contribution in [2.45, 2.75) is 19.9 Å². The zero-order valence-corrected chi connectivity index (χ0v) is 15.6. The molecule has 0 aliphatic carbocycles. The highest BCUT2D eigenvalue weighted by molar-refractivity contribution is 5.67. The summed E-state index contributed by atoms with van der Waals surface area (Å²) in [4.78, 5) is 7.18. The summed E-state index contributed by atoms with van der Waals surface area (Å²) in [6.45, 7) is 7.45. The Hall–Kier alpha value is -2.44. The van der Waals surface area contributed by atoms with Crippen molar-refractivity contribution in [2.75, 3.05) is 32.8 Å². The average molecular weight is 368 g/mol. The van der Waals surface area contributed by atoms with Crippen molar-refractivity contribution in [3.63, 3.8) is 0 Å². The fraction of sp³-hybridized carbons (Fsp3) is 0.381. The molecular weight excluding hydrogens is 343 g/mol. The molecule has 4 rings (SSSR count). The lowest BCUT2D eigenvalue weighted by Gasteiger charge is -2.27. The van der Waals surface area contributed by atoms with Crippen molar-refractivity contribution >= 4 is 5.65 Å². The van der Waals surface area contributed by atoms with Crippen molar-refractivity contribution in [2.24, 2.45) is 0 Å². The van der Waals surface area contributed by atoms with Crippen molar-refractivity contribution < 1.29 is 9.13 Å². The number of nitrogens with zero attached hydrogens (tertiary/aromatic N) is 3. The third-order valence-electron chi connectivity index (χ3n) is 4.86. The molecular formula is C21H25FN4O. The van der Waals surface area contributed by atoms with Crippen LogP contribution in [0.2, 0.25) is 0 Å². The molecule has 0 amide bonds. The van der Waals surface area contributed by atoms with E-state index in [4.69, 9.17) is 9.72 Å². The molecule has 1 aliphatic heterocycles. The van der Waals surface area contributed by atoms with Gasteiger partial charge < -0.3 is 10.1 Å². The predicted molar refractivity (Wildman–Crippen MR) is 105 cm³/mol. The lowest BCUT2D eigenvalue weighted by molar-refractivity contribution is 0.230. The Morgan fingerprint density at radius 1 is 1.11 bits per heavy atom. The van der Waals surface area contributed by atoms with Gasteiger partial charge in [-0.25, -0.2) is 9.37 Å². The summed E-state index contributed by atoms with van der Waals surface area (Å²) in [6, 6.07) is 11.2. The first kappa shape index (κ1) is 17.9. The molecule has 2 aromatic heterocycles. The zero-order valence-electron chi connectivity index (χ0n) is 15.6. The van der Waals surface area contributed by atoms with Crippen LogP contribution in [0.1, 0.15) is 19.0 Å². The van der Waals surface area contributed by atoms with E-state index in [2.05, 4.69) is 17.1 Å². The van der Waals surface area contributed by atoms with Gasteiger partial charge in [-0.2, -0.15) is 0 Å². The van der Waals surface area contributed by atoms with Crippen LogP contribution in [0, 0.1) is 5.82 Å². The summed E-state index contributed by atoms with van der Waals surface area (Å²) in [5.41, 5.74) is 3.71.